The zero-order valence-electron chi connectivity index (χ0n) is 11.9. The fourth-order valence-electron chi connectivity index (χ4n) is 3.43. The highest BCUT2D eigenvalue weighted by molar-refractivity contribution is 7.16. The van der Waals surface area contributed by atoms with Gasteiger partial charge < -0.3 is 14.8 Å². The SMILES string of the molecule is CCNC(c1ccc(Cl)s1)C1CCOC2(CCOC2)C1. The summed E-state index contributed by atoms with van der Waals surface area (Å²) in [7, 11) is 0. The van der Waals surface area contributed by atoms with Crippen molar-refractivity contribution in [2.75, 3.05) is 26.4 Å². The standard InChI is InChI=1S/C15H22ClNO2S/c1-2-17-14(12-3-4-13(16)20-12)11-5-7-19-15(9-11)6-8-18-10-15/h3-4,11,14,17H,2,5-10H2,1H3. The van der Waals surface area contributed by atoms with Crippen molar-refractivity contribution in [1.29, 1.82) is 0 Å². The minimum Gasteiger partial charge on any atom is -0.378 e. The molecule has 2 aliphatic rings. The number of rotatable bonds is 4. The molecule has 3 unspecified atom stereocenters. The van der Waals surface area contributed by atoms with E-state index >= 15 is 0 Å². The van der Waals surface area contributed by atoms with Gasteiger partial charge in [0.05, 0.1) is 16.5 Å². The van der Waals surface area contributed by atoms with Crippen LogP contribution in [0.1, 0.15) is 37.1 Å². The molecule has 3 nitrogen and oxygen atoms in total. The summed E-state index contributed by atoms with van der Waals surface area (Å²) in [4.78, 5) is 1.35. The zero-order chi connectivity index (χ0) is 14.0. The van der Waals surface area contributed by atoms with Crippen LogP contribution in [0.5, 0.6) is 0 Å². The lowest BCUT2D eigenvalue weighted by molar-refractivity contribution is -0.103. The summed E-state index contributed by atoms with van der Waals surface area (Å²) in [6.07, 6.45) is 3.22. The normalized spacial score (nSPS) is 31.8. The average Bonchev–Trinajstić information content (AvgIpc) is 3.06. The quantitative estimate of drug-likeness (QED) is 0.920. The van der Waals surface area contributed by atoms with Crippen LogP contribution < -0.4 is 5.32 Å². The maximum absolute atomic E-state index is 6.11. The first-order chi connectivity index (χ1) is 9.72. The molecule has 3 atom stereocenters. The molecule has 0 amide bonds. The van der Waals surface area contributed by atoms with E-state index in [0.29, 0.717) is 12.0 Å². The second kappa shape index (κ2) is 6.32. The molecule has 3 heterocycles. The first-order valence-corrected chi connectivity index (χ1v) is 8.62. The number of hydrogen-bond donors (Lipinski definition) is 1. The van der Waals surface area contributed by atoms with Gasteiger partial charge in [-0.1, -0.05) is 18.5 Å². The summed E-state index contributed by atoms with van der Waals surface area (Å²) < 4.78 is 12.5. The van der Waals surface area contributed by atoms with Crippen molar-refractivity contribution >= 4 is 22.9 Å². The predicted octanol–water partition coefficient (Wildman–Crippen LogP) is 3.64. The van der Waals surface area contributed by atoms with Gasteiger partial charge >= 0.3 is 0 Å². The van der Waals surface area contributed by atoms with Gasteiger partial charge in [-0.15, -0.1) is 11.3 Å². The molecule has 0 aromatic carbocycles. The van der Waals surface area contributed by atoms with Crippen LogP contribution in [0.15, 0.2) is 12.1 Å². The van der Waals surface area contributed by atoms with Gasteiger partial charge in [0.25, 0.3) is 0 Å². The smallest absolute Gasteiger partial charge is 0.0940 e. The summed E-state index contributed by atoms with van der Waals surface area (Å²) in [5.41, 5.74) is -0.0301. The van der Waals surface area contributed by atoms with Crippen LogP contribution in [0.4, 0.5) is 0 Å². The lowest BCUT2D eigenvalue weighted by Gasteiger charge is -2.40. The largest absolute Gasteiger partial charge is 0.378 e. The van der Waals surface area contributed by atoms with Gasteiger partial charge in [-0.25, -0.2) is 0 Å². The Morgan fingerprint density at radius 2 is 2.40 bits per heavy atom. The Kier molecular flexibility index (Phi) is 4.68. The first-order valence-electron chi connectivity index (χ1n) is 7.43. The molecule has 2 fully saturated rings. The van der Waals surface area contributed by atoms with Crippen molar-refractivity contribution in [3.8, 4) is 0 Å². The molecule has 0 aliphatic carbocycles. The van der Waals surface area contributed by atoms with E-state index in [4.69, 9.17) is 21.1 Å². The number of hydrogen-bond acceptors (Lipinski definition) is 4. The van der Waals surface area contributed by atoms with Crippen LogP contribution in [0, 0.1) is 5.92 Å². The molecule has 1 aromatic heterocycles. The minimum absolute atomic E-state index is 0.0301. The molecule has 112 valence electrons. The lowest BCUT2D eigenvalue weighted by atomic mass is 9.80. The Morgan fingerprint density at radius 1 is 1.50 bits per heavy atom. The van der Waals surface area contributed by atoms with E-state index in [2.05, 4.69) is 18.3 Å². The van der Waals surface area contributed by atoms with Crippen LogP contribution in [0.25, 0.3) is 0 Å². The monoisotopic (exact) mass is 315 g/mol. The van der Waals surface area contributed by atoms with Crippen molar-refractivity contribution in [3.05, 3.63) is 21.3 Å². The van der Waals surface area contributed by atoms with Crippen LogP contribution >= 0.6 is 22.9 Å². The van der Waals surface area contributed by atoms with Crippen LogP contribution in [0.2, 0.25) is 4.34 Å². The van der Waals surface area contributed by atoms with E-state index in [-0.39, 0.29) is 5.60 Å². The molecule has 5 heteroatoms. The van der Waals surface area contributed by atoms with Crippen molar-refractivity contribution in [2.24, 2.45) is 5.92 Å². The Balaban J connectivity index is 1.76. The van der Waals surface area contributed by atoms with Crippen molar-refractivity contribution in [1.82, 2.24) is 5.32 Å². The fraction of sp³-hybridized carbons (Fsp3) is 0.733. The van der Waals surface area contributed by atoms with E-state index in [1.807, 2.05) is 6.07 Å². The van der Waals surface area contributed by atoms with Gasteiger partial charge in [0.1, 0.15) is 0 Å². The number of thiophene rings is 1. The second-order valence-corrected chi connectivity index (χ2v) is 7.51. The Morgan fingerprint density at radius 3 is 3.05 bits per heavy atom. The maximum atomic E-state index is 6.11. The lowest BCUT2D eigenvalue weighted by Crippen LogP contribution is -2.44. The fourth-order valence-corrected chi connectivity index (χ4v) is 4.66. The third kappa shape index (κ3) is 3.04. The van der Waals surface area contributed by atoms with Gasteiger partial charge in [0.2, 0.25) is 0 Å². The summed E-state index contributed by atoms with van der Waals surface area (Å²) in [5.74, 6) is 0.597. The minimum atomic E-state index is -0.0301. The van der Waals surface area contributed by atoms with Gasteiger partial charge in [-0.3, -0.25) is 0 Å². The second-order valence-electron chi connectivity index (χ2n) is 5.76. The van der Waals surface area contributed by atoms with E-state index in [1.54, 1.807) is 11.3 Å². The third-order valence-corrected chi connectivity index (χ3v) is 5.71. The zero-order valence-corrected chi connectivity index (χ0v) is 13.4. The first kappa shape index (κ1) is 14.8. The van der Waals surface area contributed by atoms with E-state index in [9.17, 15) is 0 Å². The van der Waals surface area contributed by atoms with Gasteiger partial charge in [0, 0.05) is 30.6 Å². The van der Waals surface area contributed by atoms with Crippen LogP contribution in [0.3, 0.4) is 0 Å². The van der Waals surface area contributed by atoms with Gasteiger partial charge in [0.15, 0.2) is 0 Å². The van der Waals surface area contributed by atoms with Crippen LogP contribution in [-0.4, -0.2) is 32.0 Å². The molecule has 1 N–H and O–H groups in total. The Hall–Kier alpha value is -0.130. The Bertz CT molecular complexity index is 445. The molecule has 0 radical (unpaired) electrons. The molecule has 0 bridgehead atoms. The predicted molar refractivity (Wildman–Crippen MR) is 82.6 cm³/mol. The molecule has 0 saturated carbocycles. The van der Waals surface area contributed by atoms with E-state index in [0.717, 1.165) is 50.0 Å². The molecule has 1 spiro atoms. The van der Waals surface area contributed by atoms with Gasteiger partial charge in [-0.2, -0.15) is 0 Å². The highest BCUT2D eigenvalue weighted by Crippen LogP contribution is 2.42. The summed E-state index contributed by atoms with van der Waals surface area (Å²) in [6.45, 7) is 5.57. The summed E-state index contributed by atoms with van der Waals surface area (Å²) in [6, 6.07) is 4.55. The highest BCUT2D eigenvalue weighted by atomic mass is 35.5. The van der Waals surface area contributed by atoms with Gasteiger partial charge in [-0.05, 0) is 37.4 Å². The summed E-state index contributed by atoms with van der Waals surface area (Å²) >= 11 is 7.80. The molecule has 3 rings (SSSR count). The van der Waals surface area contributed by atoms with E-state index < -0.39 is 0 Å². The topological polar surface area (TPSA) is 30.5 Å². The average molecular weight is 316 g/mol. The van der Waals surface area contributed by atoms with Crippen molar-refractivity contribution < 1.29 is 9.47 Å². The highest BCUT2D eigenvalue weighted by Gasteiger charge is 2.43. The van der Waals surface area contributed by atoms with Crippen molar-refractivity contribution in [2.45, 2.75) is 37.8 Å². The molecule has 20 heavy (non-hydrogen) atoms. The third-order valence-electron chi connectivity index (χ3n) is 4.39. The molecule has 2 aliphatic heterocycles. The molecule has 1 aromatic rings. The number of halogens is 1. The van der Waals surface area contributed by atoms with Crippen LogP contribution in [-0.2, 0) is 9.47 Å². The molecule has 2 saturated heterocycles. The Labute approximate surface area is 129 Å². The van der Waals surface area contributed by atoms with E-state index in [1.165, 1.54) is 4.88 Å². The summed E-state index contributed by atoms with van der Waals surface area (Å²) in [5, 5.41) is 3.64. The number of ether oxygens (including phenoxy) is 2. The van der Waals surface area contributed by atoms with Crippen molar-refractivity contribution in [3.63, 3.8) is 0 Å². The molecular weight excluding hydrogens is 294 g/mol. The maximum Gasteiger partial charge on any atom is 0.0940 e. The molecular formula is C15H22ClNO2S. The number of nitrogens with one attached hydrogen (secondary N) is 1.